The van der Waals surface area contributed by atoms with Gasteiger partial charge in [-0.1, -0.05) is 30.0 Å². The number of anilines is 1. The van der Waals surface area contributed by atoms with Crippen LogP contribution in [0.5, 0.6) is 0 Å². The number of thioether (sulfide) groups is 1. The lowest BCUT2D eigenvalue weighted by Crippen LogP contribution is -1.94. The SMILES string of the molecule is C=N/C(C=O)=C(\C=C/C)Sc1ccc(C=O)cc1NC. The summed E-state index contributed by atoms with van der Waals surface area (Å²) in [6.07, 6.45) is 5.10. The third-order valence-corrected chi connectivity index (χ3v) is 3.62. The fourth-order valence-electron chi connectivity index (χ4n) is 1.52. The molecule has 0 spiro atoms. The maximum atomic E-state index is 11.0. The molecule has 0 saturated heterocycles. The van der Waals surface area contributed by atoms with E-state index in [-0.39, 0.29) is 5.70 Å². The molecule has 0 aromatic heterocycles. The van der Waals surface area contributed by atoms with Gasteiger partial charge in [-0.3, -0.25) is 14.6 Å². The number of nitrogens with zero attached hydrogens (tertiary/aromatic N) is 1. The van der Waals surface area contributed by atoms with Gasteiger partial charge in [0, 0.05) is 28.1 Å². The molecule has 4 nitrogen and oxygen atoms in total. The van der Waals surface area contributed by atoms with Gasteiger partial charge in [-0.2, -0.15) is 0 Å². The predicted octanol–water partition coefficient (Wildman–Crippen LogP) is 3.32. The molecule has 1 N–H and O–H groups in total. The van der Waals surface area contributed by atoms with Crippen molar-refractivity contribution in [2.75, 3.05) is 12.4 Å². The van der Waals surface area contributed by atoms with Gasteiger partial charge < -0.3 is 5.32 Å². The van der Waals surface area contributed by atoms with E-state index in [4.69, 9.17) is 0 Å². The lowest BCUT2D eigenvalue weighted by Gasteiger charge is -2.10. The average Bonchev–Trinajstić information content (AvgIpc) is 2.49. The van der Waals surface area contributed by atoms with E-state index >= 15 is 0 Å². The number of hydrogen-bond donors (Lipinski definition) is 1. The molecule has 1 aromatic carbocycles. The first-order chi connectivity index (χ1) is 9.69. The van der Waals surface area contributed by atoms with Crippen molar-refractivity contribution < 1.29 is 9.59 Å². The minimum Gasteiger partial charge on any atom is -0.387 e. The molecule has 104 valence electrons. The fourth-order valence-corrected chi connectivity index (χ4v) is 2.59. The van der Waals surface area contributed by atoms with Crippen LogP contribution in [0, 0.1) is 0 Å². The van der Waals surface area contributed by atoms with Crippen LogP contribution in [0.15, 0.2) is 50.8 Å². The van der Waals surface area contributed by atoms with Gasteiger partial charge in [0.15, 0.2) is 6.29 Å². The van der Waals surface area contributed by atoms with E-state index in [1.54, 1.807) is 25.3 Å². The van der Waals surface area contributed by atoms with Crippen molar-refractivity contribution in [3.05, 3.63) is 46.5 Å². The molecule has 20 heavy (non-hydrogen) atoms. The van der Waals surface area contributed by atoms with E-state index < -0.39 is 0 Å². The molecule has 0 radical (unpaired) electrons. The Labute approximate surface area is 122 Å². The van der Waals surface area contributed by atoms with E-state index in [0.717, 1.165) is 16.9 Å². The zero-order valence-electron chi connectivity index (χ0n) is 11.4. The van der Waals surface area contributed by atoms with E-state index in [1.165, 1.54) is 11.8 Å². The second-order valence-corrected chi connectivity index (χ2v) is 4.83. The molecule has 0 aliphatic rings. The van der Waals surface area contributed by atoms with Gasteiger partial charge in [-0.25, -0.2) is 0 Å². The molecule has 1 rings (SSSR count). The van der Waals surface area contributed by atoms with Crippen LogP contribution >= 0.6 is 11.8 Å². The number of hydrogen-bond acceptors (Lipinski definition) is 5. The highest BCUT2D eigenvalue weighted by atomic mass is 32.2. The number of benzene rings is 1. The van der Waals surface area contributed by atoms with Crippen LogP contribution in [0.2, 0.25) is 0 Å². The molecule has 0 unspecified atom stereocenters. The quantitative estimate of drug-likeness (QED) is 0.275. The van der Waals surface area contributed by atoms with Crippen molar-refractivity contribution in [1.82, 2.24) is 0 Å². The van der Waals surface area contributed by atoms with E-state index in [1.807, 2.05) is 19.1 Å². The van der Waals surface area contributed by atoms with Gasteiger partial charge in [-0.15, -0.1) is 0 Å². The largest absolute Gasteiger partial charge is 0.387 e. The van der Waals surface area contributed by atoms with E-state index in [2.05, 4.69) is 17.0 Å². The van der Waals surface area contributed by atoms with Crippen LogP contribution in [0.1, 0.15) is 17.3 Å². The molecular weight excluding hydrogens is 272 g/mol. The zero-order valence-corrected chi connectivity index (χ0v) is 12.2. The highest BCUT2D eigenvalue weighted by Gasteiger charge is 2.08. The Bertz CT molecular complexity index is 567. The minimum absolute atomic E-state index is 0.287. The highest BCUT2D eigenvalue weighted by molar-refractivity contribution is 8.03. The minimum atomic E-state index is 0.287. The normalized spacial score (nSPS) is 11.9. The first kappa shape index (κ1) is 15.9. The summed E-state index contributed by atoms with van der Waals surface area (Å²) in [6, 6.07) is 5.31. The van der Waals surface area contributed by atoms with Crippen LogP contribution in [0.4, 0.5) is 5.69 Å². The Morgan fingerprint density at radius 2 is 2.15 bits per heavy atom. The molecule has 0 atom stereocenters. The fraction of sp³-hybridized carbons (Fsp3) is 0.133. The van der Waals surface area contributed by atoms with Gasteiger partial charge in [0.05, 0.1) is 0 Å². The summed E-state index contributed by atoms with van der Waals surface area (Å²) < 4.78 is 0. The Balaban J connectivity index is 3.24. The monoisotopic (exact) mass is 288 g/mol. The number of allylic oxidation sites excluding steroid dienone is 3. The van der Waals surface area contributed by atoms with Crippen LogP contribution in [-0.4, -0.2) is 26.3 Å². The second kappa shape index (κ2) is 8.12. The molecule has 1 aromatic rings. The first-order valence-electron chi connectivity index (χ1n) is 5.93. The molecule has 0 fully saturated rings. The number of carbonyl (C=O) groups is 2. The van der Waals surface area contributed by atoms with Gasteiger partial charge >= 0.3 is 0 Å². The first-order valence-corrected chi connectivity index (χ1v) is 6.75. The summed E-state index contributed by atoms with van der Waals surface area (Å²) in [6.45, 7) is 5.26. The Morgan fingerprint density at radius 3 is 2.65 bits per heavy atom. The third-order valence-electron chi connectivity index (χ3n) is 2.48. The number of nitrogens with one attached hydrogen (secondary N) is 1. The summed E-state index contributed by atoms with van der Waals surface area (Å²) in [4.78, 5) is 27.1. The molecule has 0 aliphatic carbocycles. The number of carbonyl (C=O) groups excluding carboxylic acids is 2. The Hall–Kier alpha value is -2.14. The maximum Gasteiger partial charge on any atom is 0.169 e. The van der Waals surface area contributed by atoms with Crippen molar-refractivity contribution >= 4 is 36.7 Å². The van der Waals surface area contributed by atoms with Crippen molar-refractivity contribution in [3.8, 4) is 0 Å². The second-order valence-electron chi connectivity index (χ2n) is 3.75. The van der Waals surface area contributed by atoms with Gasteiger partial charge in [0.1, 0.15) is 12.0 Å². The summed E-state index contributed by atoms with van der Waals surface area (Å²) in [7, 11) is 1.78. The van der Waals surface area contributed by atoms with Crippen LogP contribution in [0.3, 0.4) is 0 Å². The molecule has 0 bridgehead atoms. The van der Waals surface area contributed by atoms with Crippen LogP contribution < -0.4 is 5.32 Å². The van der Waals surface area contributed by atoms with Crippen molar-refractivity contribution in [1.29, 1.82) is 0 Å². The van der Waals surface area contributed by atoms with Crippen molar-refractivity contribution in [3.63, 3.8) is 0 Å². The zero-order chi connectivity index (χ0) is 15.0. The summed E-state index contributed by atoms with van der Waals surface area (Å²) in [5.74, 6) is 0. The lowest BCUT2D eigenvalue weighted by molar-refractivity contribution is -0.104. The molecule has 0 aliphatic heterocycles. The molecule has 5 heteroatoms. The van der Waals surface area contributed by atoms with Crippen molar-refractivity contribution in [2.45, 2.75) is 11.8 Å². The predicted molar refractivity (Wildman–Crippen MR) is 84.7 cm³/mol. The smallest absolute Gasteiger partial charge is 0.169 e. The summed E-state index contributed by atoms with van der Waals surface area (Å²) in [5, 5.41) is 3.03. The molecular formula is C15H16N2O2S. The molecule has 0 saturated carbocycles. The Kier molecular flexibility index (Phi) is 6.46. The van der Waals surface area contributed by atoms with Crippen molar-refractivity contribution in [2.24, 2.45) is 4.99 Å². The van der Waals surface area contributed by atoms with Gasteiger partial charge in [0.2, 0.25) is 0 Å². The van der Waals surface area contributed by atoms with Gasteiger partial charge in [0.25, 0.3) is 0 Å². The summed E-state index contributed by atoms with van der Waals surface area (Å²) in [5.41, 5.74) is 1.69. The average molecular weight is 288 g/mol. The van der Waals surface area contributed by atoms with E-state index in [0.29, 0.717) is 16.8 Å². The molecule has 0 heterocycles. The standard InChI is InChI=1S/C15H16N2O2S/c1-4-5-14(13(10-19)17-3)20-15-7-6-11(9-18)8-12(15)16-2/h4-10,16H,3H2,1-2H3/b5-4-,14-13+. The molecule has 0 amide bonds. The lowest BCUT2D eigenvalue weighted by atomic mass is 10.2. The number of rotatable bonds is 7. The number of aliphatic imine (C=N–C) groups is 1. The highest BCUT2D eigenvalue weighted by Crippen LogP contribution is 2.35. The van der Waals surface area contributed by atoms with Crippen LogP contribution in [0.25, 0.3) is 0 Å². The maximum absolute atomic E-state index is 11.0. The third kappa shape index (κ3) is 3.93. The van der Waals surface area contributed by atoms with Gasteiger partial charge in [-0.05, 0) is 25.8 Å². The van der Waals surface area contributed by atoms with Crippen LogP contribution in [-0.2, 0) is 4.79 Å². The topological polar surface area (TPSA) is 58.5 Å². The van der Waals surface area contributed by atoms with E-state index in [9.17, 15) is 9.59 Å². The summed E-state index contributed by atoms with van der Waals surface area (Å²) >= 11 is 1.39. The Morgan fingerprint density at radius 1 is 1.40 bits per heavy atom. The number of aldehydes is 2.